The normalized spacial score (nSPS) is 28.0. The molecule has 3 heterocycles. The van der Waals surface area contributed by atoms with Crippen molar-refractivity contribution in [3.05, 3.63) is 18.2 Å². The topological polar surface area (TPSA) is 41.4 Å². The van der Waals surface area contributed by atoms with Crippen LogP contribution in [-0.2, 0) is 17.9 Å². The molecule has 0 N–H and O–H groups in total. The largest absolute Gasteiger partial charge is 0.342 e. The number of piperidine rings is 2. The molecule has 138 valence electrons. The second-order valence-corrected chi connectivity index (χ2v) is 8.57. The molecule has 1 amide bonds. The van der Waals surface area contributed by atoms with Crippen LogP contribution < -0.4 is 0 Å². The molecule has 1 aromatic heterocycles. The Morgan fingerprint density at radius 1 is 1.28 bits per heavy atom. The summed E-state index contributed by atoms with van der Waals surface area (Å²) in [7, 11) is 0. The number of nitrogens with zero attached hydrogens (tertiary/aromatic N) is 4. The fourth-order valence-electron chi connectivity index (χ4n) is 4.80. The van der Waals surface area contributed by atoms with Gasteiger partial charge in [0.1, 0.15) is 5.82 Å². The molecule has 0 radical (unpaired) electrons. The number of carbonyl (C=O) groups is 1. The van der Waals surface area contributed by atoms with Crippen LogP contribution in [0.5, 0.6) is 0 Å². The number of hydrogen-bond acceptors (Lipinski definition) is 3. The van der Waals surface area contributed by atoms with E-state index in [1.807, 2.05) is 6.20 Å². The average Bonchev–Trinajstić information content (AvgIpc) is 3.32. The van der Waals surface area contributed by atoms with E-state index >= 15 is 0 Å². The number of likely N-dealkylation sites (tertiary alicyclic amines) is 2. The molecule has 0 aromatic carbocycles. The highest BCUT2D eigenvalue weighted by molar-refractivity contribution is 5.77. The molecule has 2 aliphatic heterocycles. The van der Waals surface area contributed by atoms with Gasteiger partial charge in [-0.1, -0.05) is 6.92 Å². The number of imidazole rings is 1. The van der Waals surface area contributed by atoms with Gasteiger partial charge in [0.25, 0.3) is 0 Å². The lowest BCUT2D eigenvalue weighted by Crippen LogP contribution is -2.54. The van der Waals surface area contributed by atoms with Crippen molar-refractivity contribution in [3.63, 3.8) is 0 Å². The Hall–Kier alpha value is -1.36. The molecule has 1 saturated carbocycles. The summed E-state index contributed by atoms with van der Waals surface area (Å²) in [4.78, 5) is 21.7. The maximum atomic E-state index is 12.3. The van der Waals surface area contributed by atoms with Crippen molar-refractivity contribution < 1.29 is 4.79 Å². The minimum atomic E-state index is 0.323. The fraction of sp³-hybridized carbons (Fsp3) is 0.800. The monoisotopic (exact) mass is 344 g/mol. The Kier molecular flexibility index (Phi) is 4.85. The van der Waals surface area contributed by atoms with Gasteiger partial charge in [-0.15, -0.1) is 0 Å². The molecule has 1 spiro atoms. The summed E-state index contributed by atoms with van der Waals surface area (Å²) in [5, 5.41) is 0. The molecule has 1 aromatic rings. The van der Waals surface area contributed by atoms with Gasteiger partial charge in [-0.2, -0.15) is 0 Å². The Labute approximate surface area is 151 Å². The van der Waals surface area contributed by atoms with Crippen LogP contribution in [0.3, 0.4) is 0 Å². The molecule has 0 bridgehead atoms. The minimum absolute atomic E-state index is 0.323. The second kappa shape index (κ2) is 7.10. The average molecular weight is 345 g/mol. The van der Waals surface area contributed by atoms with Crippen molar-refractivity contribution in [2.75, 3.05) is 26.2 Å². The third kappa shape index (κ3) is 3.91. The van der Waals surface area contributed by atoms with E-state index in [4.69, 9.17) is 0 Å². The first-order chi connectivity index (χ1) is 12.2. The second-order valence-electron chi connectivity index (χ2n) is 8.57. The lowest BCUT2D eigenvalue weighted by atomic mass is 9.73. The lowest BCUT2D eigenvalue weighted by molar-refractivity contribution is -0.139. The molecule has 5 nitrogen and oxygen atoms in total. The fourth-order valence-corrected chi connectivity index (χ4v) is 4.80. The number of aryl methyl sites for hydroxylation is 1. The predicted octanol–water partition coefficient (Wildman–Crippen LogP) is 2.91. The molecule has 1 unspecified atom stereocenters. The number of carbonyl (C=O) groups excluding carboxylic acids is 1. The summed E-state index contributed by atoms with van der Waals surface area (Å²) in [5.41, 5.74) is 0.323. The van der Waals surface area contributed by atoms with E-state index in [1.54, 1.807) is 0 Å². The molecule has 4 rings (SSSR count). The Bertz CT molecular complexity index is 609. The van der Waals surface area contributed by atoms with Crippen LogP contribution in [0.1, 0.15) is 57.7 Å². The van der Waals surface area contributed by atoms with Gasteiger partial charge in [0.15, 0.2) is 0 Å². The van der Waals surface area contributed by atoms with Crippen molar-refractivity contribution >= 4 is 5.91 Å². The van der Waals surface area contributed by atoms with Crippen LogP contribution in [0.25, 0.3) is 0 Å². The van der Waals surface area contributed by atoms with Crippen LogP contribution >= 0.6 is 0 Å². The summed E-state index contributed by atoms with van der Waals surface area (Å²) >= 11 is 0. The van der Waals surface area contributed by atoms with E-state index in [2.05, 4.69) is 32.5 Å². The van der Waals surface area contributed by atoms with Crippen molar-refractivity contribution in [3.8, 4) is 0 Å². The molecule has 3 fully saturated rings. The van der Waals surface area contributed by atoms with Crippen LogP contribution in [-0.4, -0.2) is 51.4 Å². The number of amides is 1. The lowest BCUT2D eigenvalue weighted by Gasteiger charge is -2.48. The molecule has 25 heavy (non-hydrogen) atoms. The first kappa shape index (κ1) is 17.1. The smallest absolute Gasteiger partial charge is 0.222 e. The van der Waals surface area contributed by atoms with Gasteiger partial charge in [-0.3, -0.25) is 9.69 Å². The summed E-state index contributed by atoms with van der Waals surface area (Å²) in [6.07, 6.45) is 12.2. The molecule has 1 atom stereocenters. The third-order valence-electron chi connectivity index (χ3n) is 6.30. The highest BCUT2D eigenvalue weighted by atomic mass is 16.2. The van der Waals surface area contributed by atoms with Gasteiger partial charge < -0.3 is 9.47 Å². The SMILES string of the molecule is CCCn1ccnc1CN1CCCC2(CCC(=O)N(CC3CC3)C2)C1. The maximum Gasteiger partial charge on any atom is 0.222 e. The quantitative estimate of drug-likeness (QED) is 0.797. The van der Waals surface area contributed by atoms with Crippen LogP contribution in [0, 0.1) is 11.3 Å². The summed E-state index contributed by atoms with van der Waals surface area (Å²) < 4.78 is 2.30. The van der Waals surface area contributed by atoms with Crippen molar-refractivity contribution in [1.82, 2.24) is 19.4 Å². The van der Waals surface area contributed by atoms with E-state index in [-0.39, 0.29) is 0 Å². The Morgan fingerprint density at radius 3 is 2.96 bits per heavy atom. The number of aromatic nitrogens is 2. The summed E-state index contributed by atoms with van der Waals surface area (Å²) in [6, 6.07) is 0. The van der Waals surface area contributed by atoms with Crippen LogP contribution in [0.15, 0.2) is 12.4 Å². The Morgan fingerprint density at radius 2 is 2.16 bits per heavy atom. The van der Waals surface area contributed by atoms with Crippen molar-refractivity contribution in [1.29, 1.82) is 0 Å². The molecular weight excluding hydrogens is 312 g/mol. The van der Waals surface area contributed by atoms with Gasteiger partial charge in [0.05, 0.1) is 6.54 Å². The molecule has 5 heteroatoms. The molecule has 2 saturated heterocycles. The zero-order valence-electron chi connectivity index (χ0n) is 15.6. The van der Waals surface area contributed by atoms with E-state index in [1.165, 1.54) is 31.5 Å². The standard InChI is InChI=1S/C20H32N4O/c1-2-10-23-12-9-21-18(23)14-22-11-3-7-20(15-22)8-6-19(25)24(16-20)13-17-4-5-17/h9,12,17H,2-8,10-11,13-16H2,1H3. The maximum absolute atomic E-state index is 12.3. The van der Waals surface area contributed by atoms with Crippen molar-refractivity contribution in [2.24, 2.45) is 11.3 Å². The molecular formula is C20H32N4O. The highest BCUT2D eigenvalue weighted by Crippen LogP contribution is 2.40. The van der Waals surface area contributed by atoms with E-state index < -0.39 is 0 Å². The first-order valence-corrected chi connectivity index (χ1v) is 10.2. The van der Waals surface area contributed by atoms with E-state index in [0.29, 0.717) is 11.3 Å². The highest BCUT2D eigenvalue weighted by Gasteiger charge is 2.42. The Balaban J connectivity index is 1.41. The van der Waals surface area contributed by atoms with Gasteiger partial charge in [-0.05, 0) is 51.0 Å². The summed E-state index contributed by atoms with van der Waals surface area (Å²) in [5.74, 6) is 2.38. The zero-order valence-corrected chi connectivity index (χ0v) is 15.6. The summed E-state index contributed by atoms with van der Waals surface area (Å²) in [6.45, 7) is 8.51. The molecule has 3 aliphatic rings. The van der Waals surface area contributed by atoms with Gasteiger partial charge in [0.2, 0.25) is 5.91 Å². The van der Waals surface area contributed by atoms with Gasteiger partial charge in [-0.25, -0.2) is 4.98 Å². The van der Waals surface area contributed by atoms with Gasteiger partial charge >= 0.3 is 0 Å². The van der Waals surface area contributed by atoms with Gasteiger partial charge in [0, 0.05) is 50.4 Å². The zero-order chi connectivity index (χ0) is 17.3. The number of rotatable bonds is 6. The van der Waals surface area contributed by atoms with Crippen LogP contribution in [0.4, 0.5) is 0 Å². The number of hydrogen-bond donors (Lipinski definition) is 0. The van der Waals surface area contributed by atoms with E-state index in [0.717, 1.165) is 64.4 Å². The molecule has 1 aliphatic carbocycles. The third-order valence-corrected chi connectivity index (χ3v) is 6.30. The predicted molar refractivity (Wildman–Crippen MR) is 98.0 cm³/mol. The minimum Gasteiger partial charge on any atom is -0.342 e. The van der Waals surface area contributed by atoms with Crippen molar-refractivity contribution in [2.45, 2.75) is 65.0 Å². The first-order valence-electron chi connectivity index (χ1n) is 10.2. The van der Waals surface area contributed by atoms with Crippen LogP contribution in [0.2, 0.25) is 0 Å². The van der Waals surface area contributed by atoms with E-state index in [9.17, 15) is 4.79 Å².